The first-order valence-electron chi connectivity index (χ1n) is 8.69. The average molecular weight is 335 g/mol. The van der Waals surface area contributed by atoms with Crippen LogP contribution in [0.1, 0.15) is 58.6 Å². The maximum atomic E-state index is 10.5. The zero-order valence-electron chi connectivity index (χ0n) is 15.7. The van der Waals surface area contributed by atoms with Gasteiger partial charge < -0.3 is 9.53 Å². The molecule has 0 heterocycles. The van der Waals surface area contributed by atoms with E-state index in [-0.39, 0.29) is 11.1 Å². The number of aliphatic hydroxyl groups is 1. The van der Waals surface area contributed by atoms with Gasteiger partial charge in [0.1, 0.15) is 0 Å². The fourth-order valence-corrected chi connectivity index (χ4v) is 3.44. The quantitative estimate of drug-likeness (QED) is 0.477. The molecule has 0 saturated carbocycles. The molecule has 0 aliphatic carbocycles. The molecule has 130 valence electrons. The lowest BCUT2D eigenvalue weighted by molar-refractivity contribution is 0.141. The summed E-state index contributed by atoms with van der Waals surface area (Å²) < 4.78 is 6.63. The number of hydrogen-bond acceptors (Lipinski definition) is 2. The van der Waals surface area contributed by atoms with Gasteiger partial charge in [0, 0.05) is 0 Å². The van der Waals surface area contributed by atoms with E-state index in [0.717, 1.165) is 30.4 Å². The molecule has 0 amide bonds. The van der Waals surface area contributed by atoms with E-state index in [4.69, 9.17) is 4.43 Å². The summed E-state index contributed by atoms with van der Waals surface area (Å²) >= 11 is 0. The molecule has 23 heavy (non-hydrogen) atoms. The Kier molecular flexibility index (Phi) is 7.24. The van der Waals surface area contributed by atoms with Crippen LogP contribution in [0.15, 0.2) is 42.5 Å². The maximum Gasteiger partial charge on any atom is 0.193 e. The number of unbranched alkanes of at least 4 members (excludes halogenated alkanes) is 1. The maximum absolute atomic E-state index is 10.5. The Morgan fingerprint density at radius 2 is 1.78 bits per heavy atom. The van der Waals surface area contributed by atoms with Crippen molar-refractivity contribution in [1.29, 1.82) is 0 Å². The van der Waals surface area contributed by atoms with E-state index in [1.54, 1.807) is 0 Å². The molecule has 1 rings (SSSR count). The third-order valence-electron chi connectivity index (χ3n) is 4.92. The molecule has 1 aromatic carbocycles. The van der Waals surface area contributed by atoms with Gasteiger partial charge in [-0.2, -0.15) is 0 Å². The summed E-state index contributed by atoms with van der Waals surface area (Å²) in [5.74, 6) is 0. The van der Waals surface area contributed by atoms with Crippen LogP contribution >= 0.6 is 0 Å². The van der Waals surface area contributed by atoms with Crippen molar-refractivity contribution >= 4 is 8.32 Å². The molecule has 0 aromatic heterocycles. The molecule has 2 atom stereocenters. The number of hydrogen-bond donors (Lipinski definition) is 1. The highest BCUT2D eigenvalue weighted by Gasteiger charge is 2.40. The Hall–Kier alpha value is -0.903. The molecule has 1 N–H and O–H groups in total. The Morgan fingerprint density at radius 1 is 1.22 bits per heavy atom. The largest absolute Gasteiger partial charge is 0.406 e. The summed E-state index contributed by atoms with van der Waals surface area (Å²) in [4.78, 5) is 0. The van der Waals surface area contributed by atoms with Gasteiger partial charge in [0.05, 0.1) is 12.2 Å². The minimum atomic E-state index is -1.96. The van der Waals surface area contributed by atoms with Crippen molar-refractivity contribution in [3.05, 3.63) is 48.0 Å². The smallest absolute Gasteiger partial charge is 0.193 e. The van der Waals surface area contributed by atoms with Crippen LogP contribution in [0.5, 0.6) is 0 Å². The molecule has 0 fully saturated rings. The monoisotopic (exact) mass is 334 g/mol. The zero-order chi connectivity index (χ0) is 17.7. The molecule has 0 bridgehead atoms. The molecule has 2 unspecified atom stereocenters. The second-order valence-electron chi connectivity index (χ2n) is 7.90. The third kappa shape index (κ3) is 5.59. The Labute approximate surface area is 143 Å². The van der Waals surface area contributed by atoms with Crippen LogP contribution < -0.4 is 0 Å². The highest BCUT2D eigenvalue weighted by atomic mass is 28.4. The Morgan fingerprint density at radius 3 is 2.26 bits per heavy atom. The minimum absolute atomic E-state index is 0.120. The van der Waals surface area contributed by atoms with Crippen LogP contribution in [-0.4, -0.2) is 19.5 Å². The first kappa shape index (κ1) is 20.1. The molecular weight excluding hydrogens is 300 g/mol. The molecule has 0 saturated heterocycles. The number of aliphatic hydroxyl groups excluding tert-OH is 1. The van der Waals surface area contributed by atoms with E-state index in [9.17, 15) is 5.11 Å². The highest BCUT2D eigenvalue weighted by molar-refractivity contribution is 6.74. The van der Waals surface area contributed by atoms with Gasteiger partial charge in [-0.15, -0.1) is 0 Å². The SMILES string of the molecule is C=C(C(O)CCCC)C(O[Si](C)(C)C(C)(C)C)c1ccccc1. The van der Waals surface area contributed by atoms with Crippen molar-refractivity contribution in [2.24, 2.45) is 0 Å². The first-order valence-corrected chi connectivity index (χ1v) is 11.6. The number of rotatable bonds is 8. The van der Waals surface area contributed by atoms with E-state index >= 15 is 0 Å². The predicted octanol–water partition coefficient (Wildman–Crippen LogP) is 5.86. The topological polar surface area (TPSA) is 29.5 Å². The van der Waals surface area contributed by atoms with E-state index < -0.39 is 14.4 Å². The average Bonchev–Trinajstić information content (AvgIpc) is 2.49. The van der Waals surface area contributed by atoms with Gasteiger partial charge >= 0.3 is 0 Å². The molecule has 0 spiro atoms. The summed E-state index contributed by atoms with van der Waals surface area (Å²) in [7, 11) is -1.96. The second kappa shape index (κ2) is 8.27. The predicted molar refractivity (Wildman–Crippen MR) is 102 cm³/mol. The standard InChI is InChI=1S/C20H34O2Si/c1-8-9-15-18(21)16(2)19(17-13-11-10-12-14-17)22-23(6,7)20(3,4)5/h10-14,18-19,21H,2,8-9,15H2,1,3-7H3. The second-order valence-corrected chi connectivity index (χ2v) is 12.7. The normalized spacial score (nSPS) is 15.3. The van der Waals surface area contributed by atoms with Gasteiger partial charge in [0.15, 0.2) is 8.32 Å². The molecular formula is C20H34O2Si. The molecule has 0 aliphatic heterocycles. The fraction of sp³-hybridized carbons (Fsp3) is 0.600. The van der Waals surface area contributed by atoms with Crippen LogP contribution in [0.25, 0.3) is 0 Å². The lowest BCUT2D eigenvalue weighted by Gasteiger charge is -2.40. The van der Waals surface area contributed by atoms with Crippen LogP contribution in [0.2, 0.25) is 18.1 Å². The Bertz CT molecular complexity index is 488. The summed E-state index contributed by atoms with van der Waals surface area (Å²) in [5, 5.41) is 10.6. The van der Waals surface area contributed by atoms with Crippen LogP contribution in [0.4, 0.5) is 0 Å². The summed E-state index contributed by atoms with van der Waals surface area (Å²) in [6, 6.07) is 10.2. The first-order chi connectivity index (χ1) is 10.6. The number of benzene rings is 1. The summed E-state index contributed by atoms with van der Waals surface area (Å²) in [6.45, 7) is 17.5. The van der Waals surface area contributed by atoms with E-state index in [1.807, 2.05) is 18.2 Å². The van der Waals surface area contributed by atoms with Crippen LogP contribution in [0.3, 0.4) is 0 Å². The van der Waals surface area contributed by atoms with E-state index in [1.165, 1.54) is 0 Å². The fourth-order valence-electron chi connectivity index (χ4n) is 2.21. The third-order valence-corrected chi connectivity index (χ3v) is 9.35. The Balaban J connectivity index is 3.06. The molecule has 0 aliphatic rings. The van der Waals surface area contributed by atoms with Gasteiger partial charge in [-0.05, 0) is 35.7 Å². The molecule has 2 nitrogen and oxygen atoms in total. The van der Waals surface area contributed by atoms with Crippen molar-refractivity contribution in [1.82, 2.24) is 0 Å². The van der Waals surface area contributed by atoms with Gasteiger partial charge in [-0.1, -0.05) is 77.4 Å². The highest BCUT2D eigenvalue weighted by Crippen LogP contribution is 2.42. The van der Waals surface area contributed by atoms with Crippen molar-refractivity contribution in [3.63, 3.8) is 0 Å². The van der Waals surface area contributed by atoms with Crippen molar-refractivity contribution in [3.8, 4) is 0 Å². The molecule has 1 aromatic rings. The van der Waals surface area contributed by atoms with Crippen molar-refractivity contribution in [2.45, 2.75) is 77.3 Å². The van der Waals surface area contributed by atoms with Gasteiger partial charge in [0.2, 0.25) is 0 Å². The zero-order valence-corrected chi connectivity index (χ0v) is 16.7. The molecule has 0 radical (unpaired) electrons. The summed E-state index contributed by atoms with van der Waals surface area (Å²) in [6.07, 6.45) is 2.08. The van der Waals surface area contributed by atoms with Crippen LogP contribution in [-0.2, 0) is 4.43 Å². The lowest BCUT2D eigenvalue weighted by Crippen LogP contribution is -2.42. The van der Waals surface area contributed by atoms with Crippen LogP contribution in [0, 0.1) is 0 Å². The van der Waals surface area contributed by atoms with Gasteiger partial charge in [-0.3, -0.25) is 0 Å². The lowest BCUT2D eigenvalue weighted by atomic mass is 9.96. The van der Waals surface area contributed by atoms with E-state index in [2.05, 4.69) is 59.5 Å². The van der Waals surface area contributed by atoms with Gasteiger partial charge in [0.25, 0.3) is 0 Å². The minimum Gasteiger partial charge on any atom is -0.406 e. The van der Waals surface area contributed by atoms with Crippen molar-refractivity contribution in [2.75, 3.05) is 0 Å². The van der Waals surface area contributed by atoms with E-state index in [0.29, 0.717) is 0 Å². The summed E-state index contributed by atoms with van der Waals surface area (Å²) in [5.41, 5.74) is 1.87. The van der Waals surface area contributed by atoms with Gasteiger partial charge in [-0.25, -0.2) is 0 Å². The molecule has 3 heteroatoms. The van der Waals surface area contributed by atoms with Crippen molar-refractivity contribution < 1.29 is 9.53 Å².